The van der Waals surface area contributed by atoms with E-state index in [1.807, 2.05) is 6.92 Å². The molecule has 0 bridgehead atoms. The van der Waals surface area contributed by atoms with E-state index in [1.165, 1.54) is 12.8 Å². The second-order valence-electron chi connectivity index (χ2n) is 6.33. The molecule has 4 atom stereocenters. The number of alkyl carbamates (subject to hydrolysis) is 1. The third kappa shape index (κ3) is 4.09. The number of carbonyl (C=O) groups excluding carboxylic acids is 1. The number of piperidine rings is 1. The number of ether oxygens (including phenoxy) is 1. The molecule has 2 rings (SSSR count). The van der Waals surface area contributed by atoms with E-state index in [9.17, 15) is 9.90 Å². The van der Waals surface area contributed by atoms with E-state index < -0.39 is 0 Å². The zero-order chi connectivity index (χ0) is 14.7. The summed E-state index contributed by atoms with van der Waals surface area (Å²) < 4.78 is 4.96. The molecule has 0 spiro atoms. The van der Waals surface area contributed by atoms with E-state index in [-0.39, 0.29) is 24.2 Å². The van der Waals surface area contributed by atoms with Crippen LogP contribution in [0.25, 0.3) is 0 Å². The van der Waals surface area contributed by atoms with Gasteiger partial charge in [-0.05, 0) is 51.9 Å². The molecule has 0 aromatic heterocycles. The maximum atomic E-state index is 11.6. The van der Waals surface area contributed by atoms with Crippen molar-refractivity contribution in [1.29, 1.82) is 0 Å². The van der Waals surface area contributed by atoms with Crippen molar-refractivity contribution in [3.8, 4) is 0 Å². The molecule has 4 unspecified atom stereocenters. The standard InChI is InChI=1S/C15H28N2O3/c1-4-20-15(19)16-14-7-13(11(3)18)8-17(9-14)10(2)12-5-6-12/h10-14,18H,4-9H2,1-3H3,(H,16,19). The fourth-order valence-electron chi connectivity index (χ4n) is 3.18. The average Bonchev–Trinajstić information content (AvgIpc) is 3.21. The first-order chi connectivity index (χ1) is 9.51. The molecule has 20 heavy (non-hydrogen) atoms. The van der Waals surface area contributed by atoms with Crippen LogP contribution >= 0.6 is 0 Å². The predicted octanol–water partition coefficient (Wildman–Crippen LogP) is 1.60. The van der Waals surface area contributed by atoms with Crippen molar-refractivity contribution >= 4 is 6.09 Å². The number of rotatable bonds is 5. The van der Waals surface area contributed by atoms with Gasteiger partial charge in [0.15, 0.2) is 0 Å². The van der Waals surface area contributed by atoms with Crippen LogP contribution in [-0.4, -0.2) is 54.0 Å². The summed E-state index contributed by atoms with van der Waals surface area (Å²) in [5, 5.41) is 12.9. The second-order valence-corrected chi connectivity index (χ2v) is 6.33. The number of hydrogen-bond donors (Lipinski definition) is 2. The number of likely N-dealkylation sites (tertiary alicyclic amines) is 1. The van der Waals surface area contributed by atoms with Gasteiger partial charge in [-0.3, -0.25) is 4.90 Å². The van der Waals surface area contributed by atoms with Crippen LogP contribution in [0.3, 0.4) is 0 Å². The third-order valence-electron chi connectivity index (χ3n) is 4.67. The lowest BCUT2D eigenvalue weighted by molar-refractivity contribution is 0.0271. The van der Waals surface area contributed by atoms with Gasteiger partial charge in [0.25, 0.3) is 0 Å². The maximum absolute atomic E-state index is 11.6. The summed E-state index contributed by atoms with van der Waals surface area (Å²) in [6.45, 7) is 8.10. The highest BCUT2D eigenvalue weighted by Crippen LogP contribution is 2.36. The molecule has 1 amide bonds. The summed E-state index contributed by atoms with van der Waals surface area (Å²) in [4.78, 5) is 14.0. The quantitative estimate of drug-likeness (QED) is 0.805. The Morgan fingerprint density at radius 1 is 1.35 bits per heavy atom. The van der Waals surface area contributed by atoms with Crippen LogP contribution in [-0.2, 0) is 4.74 Å². The number of aliphatic hydroxyl groups is 1. The number of nitrogens with one attached hydrogen (secondary N) is 1. The summed E-state index contributed by atoms with van der Waals surface area (Å²) in [6, 6.07) is 0.617. The van der Waals surface area contributed by atoms with Gasteiger partial charge in [0.1, 0.15) is 0 Å². The van der Waals surface area contributed by atoms with Crippen LogP contribution in [0.4, 0.5) is 4.79 Å². The van der Waals surface area contributed by atoms with Crippen LogP contribution < -0.4 is 5.32 Å². The van der Waals surface area contributed by atoms with Crippen molar-refractivity contribution in [2.24, 2.45) is 11.8 Å². The summed E-state index contributed by atoms with van der Waals surface area (Å²) in [6.07, 6.45) is 2.77. The van der Waals surface area contributed by atoms with Gasteiger partial charge in [-0.25, -0.2) is 4.79 Å². The first kappa shape index (κ1) is 15.6. The Bertz CT molecular complexity index is 331. The van der Waals surface area contributed by atoms with Crippen LogP contribution in [0.5, 0.6) is 0 Å². The minimum Gasteiger partial charge on any atom is -0.450 e. The Morgan fingerprint density at radius 2 is 2.05 bits per heavy atom. The topological polar surface area (TPSA) is 61.8 Å². The molecule has 1 aliphatic heterocycles. The normalized spacial score (nSPS) is 30.6. The molecule has 2 fully saturated rings. The first-order valence-electron chi connectivity index (χ1n) is 7.86. The molecule has 2 aliphatic rings. The van der Waals surface area contributed by atoms with Crippen LogP contribution in [0, 0.1) is 11.8 Å². The first-order valence-corrected chi connectivity index (χ1v) is 7.86. The highest BCUT2D eigenvalue weighted by molar-refractivity contribution is 5.67. The van der Waals surface area contributed by atoms with E-state index in [2.05, 4.69) is 17.1 Å². The van der Waals surface area contributed by atoms with Gasteiger partial charge < -0.3 is 15.2 Å². The number of aliphatic hydroxyl groups excluding tert-OH is 1. The summed E-state index contributed by atoms with van der Waals surface area (Å²) in [5.74, 6) is 1.02. The molecule has 5 nitrogen and oxygen atoms in total. The molecule has 0 radical (unpaired) electrons. The molecule has 2 N–H and O–H groups in total. The summed E-state index contributed by atoms with van der Waals surface area (Å²) >= 11 is 0. The van der Waals surface area contributed by atoms with Crippen molar-refractivity contribution in [2.45, 2.75) is 58.2 Å². The van der Waals surface area contributed by atoms with Gasteiger partial charge in [-0.1, -0.05) is 0 Å². The molecule has 1 saturated carbocycles. The highest BCUT2D eigenvalue weighted by atomic mass is 16.5. The Balaban J connectivity index is 1.94. The highest BCUT2D eigenvalue weighted by Gasteiger charge is 2.38. The van der Waals surface area contributed by atoms with Crippen molar-refractivity contribution < 1.29 is 14.6 Å². The zero-order valence-corrected chi connectivity index (χ0v) is 12.8. The van der Waals surface area contributed by atoms with E-state index in [1.54, 1.807) is 6.92 Å². The fraction of sp³-hybridized carbons (Fsp3) is 0.933. The number of amides is 1. The molecule has 1 saturated heterocycles. The van der Waals surface area contributed by atoms with Crippen LogP contribution in [0.2, 0.25) is 0 Å². The van der Waals surface area contributed by atoms with Crippen LogP contribution in [0.1, 0.15) is 40.0 Å². The van der Waals surface area contributed by atoms with Crippen LogP contribution in [0.15, 0.2) is 0 Å². The smallest absolute Gasteiger partial charge is 0.407 e. The molecule has 116 valence electrons. The summed E-state index contributed by atoms with van der Waals surface area (Å²) in [7, 11) is 0. The largest absolute Gasteiger partial charge is 0.450 e. The zero-order valence-electron chi connectivity index (χ0n) is 12.8. The van der Waals surface area contributed by atoms with Crippen molar-refractivity contribution in [2.75, 3.05) is 19.7 Å². The molecule has 0 aromatic carbocycles. The third-order valence-corrected chi connectivity index (χ3v) is 4.67. The van der Waals surface area contributed by atoms with Crippen molar-refractivity contribution in [3.05, 3.63) is 0 Å². The van der Waals surface area contributed by atoms with Gasteiger partial charge in [0.2, 0.25) is 0 Å². The van der Waals surface area contributed by atoms with E-state index >= 15 is 0 Å². The lowest BCUT2D eigenvalue weighted by atomic mass is 9.89. The Kier molecular flexibility index (Phi) is 5.27. The number of nitrogens with zero attached hydrogens (tertiary/aromatic N) is 1. The minimum absolute atomic E-state index is 0.0728. The Hall–Kier alpha value is -0.810. The van der Waals surface area contributed by atoms with Gasteiger partial charge >= 0.3 is 6.09 Å². The maximum Gasteiger partial charge on any atom is 0.407 e. The fourth-order valence-corrected chi connectivity index (χ4v) is 3.18. The summed E-state index contributed by atoms with van der Waals surface area (Å²) in [5.41, 5.74) is 0. The SMILES string of the molecule is CCOC(=O)NC1CC(C(C)O)CN(C(C)C2CC2)C1. The van der Waals surface area contributed by atoms with Crippen molar-refractivity contribution in [3.63, 3.8) is 0 Å². The average molecular weight is 284 g/mol. The molecule has 1 aliphatic carbocycles. The number of hydrogen-bond acceptors (Lipinski definition) is 4. The van der Waals surface area contributed by atoms with E-state index in [0.29, 0.717) is 12.6 Å². The molecular weight excluding hydrogens is 256 g/mol. The van der Waals surface area contributed by atoms with Gasteiger partial charge in [0.05, 0.1) is 12.7 Å². The van der Waals surface area contributed by atoms with E-state index in [4.69, 9.17) is 4.74 Å². The minimum atomic E-state index is -0.345. The lowest BCUT2D eigenvalue weighted by Crippen LogP contribution is -2.55. The molecule has 5 heteroatoms. The Morgan fingerprint density at radius 3 is 2.60 bits per heavy atom. The number of carbonyl (C=O) groups is 1. The monoisotopic (exact) mass is 284 g/mol. The Labute approximate surface area is 121 Å². The van der Waals surface area contributed by atoms with Gasteiger partial charge in [0, 0.05) is 25.2 Å². The lowest BCUT2D eigenvalue weighted by Gasteiger charge is -2.42. The molecule has 1 heterocycles. The molecular formula is C15H28N2O3. The second kappa shape index (κ2) is 6.76. The molecule has 0 aromatic rings. The predicted molar refractivity (Wildman–Crippen MR) is 77.5 cm³/mol. The van der Waals surface area contributed by atoms with Crippen molar-refractivity contribution in [1.82, 2.24) is 10.2 Å². The van der Waals surface area contributed by atoms with Gasteiger partial charge in [-0.2, -0.15) is 0 Å². The van der Waals surface area contributed by atoms with E-state index in [0.717, 1.165) is 25.4 Å². The van der Waals surface area contributed by atoms with Gasteiger partial charge in [-0.15, -0.1) is 0 Å².